The van der Waals surface area contributed by atoms with Crippen LogP contribution in [0.15, 0.2) is 85.2 Å². The number of phenolic OH excluding ortho intramolecular Hbond substituents is 1. The predicted octanol–water partition coefficient (Wildman–Crippen LogP) is 6.34. The van der Waals surface area contributed by atoms with Crippen LogP contribution in [0, 0.1) is 17.1 Å². The van der Waals surface area contributed by atoms with Gasteiger partial charge in [-0.25, -0.2) is 29.3 Å². The molecule has 242 valence electrons. The first-order chi connectivity index (χ1) is 23.4. The van der Waals surface area contributed by atoms with Crippen LogP contribution in [0.3, 0.4) is 0 Å². The van der Waals surface area contributed by atoms with E-state index in [0.29, 0.717) is 45.4 Å². The molecule has 1 aliphatic heterocycles. The number of hydrogen-bond acceptors (Lipinski definition) is 10. The topological polar surface area (TPSA) is 155 Å². The van der Waals surface area contributed by atoms with Gasteiger partial charge in [0.1, 0.15) is 23.2 Å². The largest absolute Gasteiger partial charge is 0.505 e. The Morgan fingerprint density at radius 3 is 2.48 bits per heavy atom. The van der Waals surface area contributed by atoms with Gasteiger partial charge < -0.3 is 16.2 Å². The minimum atomic E-state index is -0.692. The van der Waals surface area contributed by atoms with Crippen LogP contribution >= 0.6 is 0 Å². The SMILES string of the molecule is CC.N#Cc1nccc(NC2CCN(Cc3ccc(-n4c(-c5cccnc5N)nc5ccc(-c6ccc(F)c(O)c6)nc54)cc3)CC2)n1. The summed E-state index contributed by atoms with van der Waals surface area (Å²) in [5, 5.41) is 22.5. The lowest BCUT2D eigenvalue weighted by Crippen LogP contribution is -2.38. The molecule has 0 bridgehead atoms. The quantitative estimate of drug-likeness (QED) is 0.180. The Morgan fingerprint density at radius 1 is 0.958 bits per heavy atom. The monoisotopic (exact) mass is 642 g/mol. The molecule has 0 aliphatic carbocycles. The molecular formula is C36H35FN10O. The predicted molar refractivity (Wildman–Crippen MR) is 184 cm³/mol. The number of aromatic hydroxyl groups is 1. The summed E-state index contributed by atoms with van der Waals surface area (Å²) in [4.78, 5) is 24.6. The van der Waals surface area contributed by atoms with Crippen molar-refractivity contribution >= 4 is 22.8 Å². The van der Waals surface area contributed by atoms with E-state index in [1.165, 1.54) is 17.7 Å². The number of pyridine rings is 2. The van der Waals surface area contributed by atoms with E-state index in [9.17, 15) is 9.50 Å². The van der Waals surface area contributed by atoms with E-state index >= 15 is 0 Å². The highest BCUT2D eigenvalue weighted by atomic mass is 19.1. The van der Waals surface area contributed by atoms with Gasteiger partial charge in [-0.05, 0) is 79.1 Å². The zero-order chi connectivity index (χ0) is 33.6. The average Bonchev–Trinajstić information content (AvgIpc) is 3.50. The molecule has 48 heavy (non-hydrogen) atoms. The van der Waals surface area contributed by atoms with Gasteiger partial charge in [-0.1, -0.05) is 26.0 Å². The number of nitriles is 1. The smallest absolute Gasteiger partial charge is 0.234 e. The third kappa shape index (κ3) is 6.77. The van der Waals surface area contributed by atoms with Crippen LogP contribution in [0.1, 0.15) is 38.1 Å². The number of nitrogen functional groups attached to an aromatic ring is 1. The number of piperidine rings is 1. The molecule has 1 fully saturated rings. The second kappa shape index (κ2) is 14.2. The van der Waals surface area contributed by atoms with E-state index in [1.807, 2.05) is 54.8 Å². The van der Waals surface area contributed by atoms with Gasteiger partial charge in [-0.15, -0.1) is 0 Å². The van der Waals surface area contributed by atoms with Crippen LogP contribution in [0.5, 0.6) is 5.75 Å². The molecule has 1 saturated heterocycles. The number of halogens is 1. The van der Waals surface area contributed by atoms with Gasteiger partial charge in [0, 0.05) is 49.3 Å². The first-order valence-electron chi connectivity index (χ1n) is 15.9. The third-order valence-corrected chi connectivity index (χ3v) is 8.12. The number of aromatic nitrogens is 6. The summed E-state index contributed by atoms with van der Waals surface area (Å²) in [5.41, 5.74) is 11.4. The summed E-state index contributed by atoms with van der Waals surface area (Å²) in [6.07, 6.45) is 5.15. The molecule has 0 atom stereocenters. The Labute approximate surface area is 277 Å². The fraction of sp³-hybridized carbons (Fsp3) is 0.222. The highest BCUT2D eigenvalue weighted by Gasteiger charge is 2.21. The maximum atomic E-state index is 13.8. The lowest BCUT2D eigenvalue weighted by atomic mass is 10.0. The normalized spacial score (nSPS) is 13.5. The third-order valence-electron chi connectivity index (χ3n) is 8.12. The number of nitrogens with one attached hydrogen (secondary N) is 1. The molecule has 0 spiro atoms. The Balaban J connectivity index is 0.00000197. The van der Waals surface area contributed by atoms with Crippen molar-refractivity contribution < 1.29 is 9.50 Å². The zero-order valence-electron chi connectivity index (χ0n) is 26.7. The Morgan fingerprint density at radius 2 is 1.75 bits per heavy atom. The maximum absolute atomic E-state index is 13.8. The minimum absolute atomic E-state index is 0.162. The minimum Gasteiger partial charge on any atom is -0.505 e. The lowest BCUT2D eigenvalue weighted by molar-refractivity contribution is 0.211. The molecule has 4 aromatic heterocycles. The molecule has 4 N–H and O–H groups in total. The first-order valence-corrected chi connectivity index (χ1v) is 15.9. The van der Waals surface area contributed by atoms with Crippen molar-refractivity contribution in [1.82, 2.24) is 34.4 Å². The highest BCUT2D eigenvalue weighted by Crippen LogP contribution is 2.33. The fourth-order valence-electron chi connectivity index (χ4n) is 5.77. The maximum Gasteiger partial charge on any atom is 0.234 e. The van der Waals surface area contributed by atoms with Gasteiger partial charge in [-0.2, -0.15) is 5.26 Å². The number of benzene rings is 2. The van der Waals surface area contributed by atoms with Gasteiger partial charge >= 0.3 is 0 Å². The van der Waals surface area contributed by atoms with Crippen molar-refractivity contribution in [3.05, 3.63) is 102 Å². The molecule has 5 heterocycles. The Bertz CT molecular complexity index is 2080. The number of rotatable bonds is 7. The standard InChI is InChI=1S/C34H29FN10O.C2H6/c35-26-8-5-22(18-29(26)46)27-9-10-28-34(41-27)45(33(42-28)25-2-1-14-39-32(25)37)24-6-3-21(4-7-24)20-44-16-12-23(13-17-44)40-30-11-15-38-31(19-36)43-30;1-2/h1-11,14-15,18,23,46H,12-13,16-17,20H2,(H2,37,39)(H,38,40,43);1-2H3. The molecule has 2 aromatic carbocycles. The number of nitrogens with two attached hydrogens (primary N) is 1. The summed E-state index contributed by atoms with van der Waals surface area (Å²) in [5.74, 6) is 0.658. The van der Waals surface area contributed by atoms with Crippen LogP contribution in [0.2, 0.25) is 0 Å². The summed E-state index contributed by atoms with van der Waals surface area (Å²) in [6, 6.07) is 23.8. The molecule has 12 heteroatoms. The van der Waals surface area contributed by atoms with Crippen LogP contribution in [0.25, 0.3) is 39.5 Å². The molecule has 0 radical (unpaired) electrons. The van der Waals surface area contributed by atoms with E-state index in [4.69, 9.17) is 21.0 Å². The Kier molecular flexibility index (Phi) is 9.50. The molecule has 7 rings (SSSR count). The summed E-state index contributed by atoms with van der Waals surface area (Å²) >= 11 is 0. The molecule has 0 saturated carbocycles. The second-order valence-electron chi connectivity index (χ2n) is 11.2. The van der Waals surface area contributed by atoms with E-state index < -0.39 is 11.6 Å². The zero-order valence-corrected chi connectivity index (χ0v) is 26.7. The van der Waals surface area contributed by atoms with Crippen molar-refractivity contribution in [1.29, 1.82) is 5.26 Å². The molecule has 0 unspecified atom stereocenters. The Hall–Kier alpha value is -5.93. The van der Waals surface area contributed by atoms with Crippen LogP contribution < -0.4 is 11.1 Å². The molecule has 0 amide bonds. The van der Waals surface area contributed by atoms with Crippen molar-refractivity contribution in [3.8, 4) is 40.2 Å². The van der Waals surface area contributed by atoms with Crippen molar-refractivity contribution in [2.45, 2.75) is 39.3 Å². The van der Waals surface area contributed by atoms with Gasteiger partial charge in [0.05, 0.1) is 11.3 Å². The summed E-state index contributed by atoms with van der Waals surface area (Å²) in [6.45, 7) is 6.66. The van der Waals surface area contributed by atoms with Gasteiger partial charge in [0.25, 0.3) is 0 Å². The van der Waals surface area contributed by atoms with Crippen molar-refractivity contribution in [3.63, 3.8) is 0 Å². The number of anilines is 2. The van der Waals surface area contributed by atoms with E-state index in [1.54, 1.807) is 30.6 Å². The first kappa shape index (κ1) is 32.0. The summed E-state index contributed by atoms with van der Waals surface area (Å²) in [7, 11) is 0. The number of fused-ring (bicyclic) bond motifs is 1. The van der Waals surface area contributed by atoms with Crippen LogP contribution in [-0.4, -0.2) is 58.6 Å². The number of likely N-dealkylation sites (tertiary alicyclic amines) is 1. The van der Waals surface area contributed by atoms with Gasteiger partial charge in [-0.3, -0.25) is 9.47 Å². The highest BCUT2D eigenvalue weighted by molar-refractivity contribution is 5.84. The average molecular weight is 643 g/mol. The van der Waals surface area contributed by atoms with E-state index in [0.717, 1.165) is 38.2 Å². The van der Waals surface area contributed by atoms with Crippen LogP contribution in [0.4, 0.5) is 16.0 Å². The van der Waals surface area contributed by atoms with E-state index in [2.05, 4.69) is 37.3 Å². The van der Waals surface area contributed by atoms with Crippen LogP contribution in [-0.2, 0) is 6.54 Å². The second-order valence-corrected chi connectivity index (χ2v) is 11.2. The van der Waals surface area contributed by atoms with E-state index in [-0.39, 0.29) is 11.9 Å². The number of phenols is 1. The number of nitrogens with zero attached hydrogens (tertiary/aromatic N) is 8. The number of hydrogen-bond donors (Lipinski definition) is 3. The fourth-order valence-corrected chi connectivity index (χ4v) is 5.77. The molecular weight excluding hydrogens is 607 g/mol. The van der Waals surface area contributed by atoms with Gasteiger partial charge in [0.15, 0.2) is 23.0 Å². The molecule has 11 nitrogen and oxygen atoms in total. The summed E-state index contributed by atoms with van der Waals surface area (Å²) < 4.78 is 15.7. The van der Waals surface area contributed by atoms with Crippen molar-refractivity contribution in [2.75, 3.05) is 24.1 Å². The molecule has 6 aromatic rings. The van der Waals surface area contributed by atoms with Gasteiger partial charge in [0.2, 0.25) is 5.82 Å². The number of imidazole rings is 1. The van der Waals surface area contributed by atoms with Crippen molar-refractivity contribution in [2.24, 2.45) is 0 Å². The lowest BCUT2D eigenvalue weighted by Gasteiger charge is -2.32. The molecule has 1 aliphatic rings.